The number of imide groups is 1. The number of carbonyl (C=O) groups is 2. The predicted molar refractivity (Wildman–Crippen MR) is 99.7 cm³/mol. The molecule has 0 unspecified atom stereocenters. The van der Waals surface area contributed by atoms with Gasteiger partial charge in [-0.05, 0) is 43.2 Å². The molecule has 0 N–H and O–H groups in total. The predicted octanol–water partition coefficient (Wildman–Crippen LogP) is 3.47. The summed E-state index contributed by atoms with van der Waals surface area (Å²) in [4.78, 5) is 33.5. The summed E-state index contributed by atoms with van der Waals surface area (Å²) >= 11 is 0. The van der Waals surface area contributed by atoms with E-state index in [2.05, 4.69) is 6.92 Å². The van der Waals surface area contributed by atoms with Gasteiger partial charge in [0.1, 0.15) is 0 Å². The normalized spacial score (nSPS) is 25.1. The van der Waals surface area contributed by atoms with Crippen LogP contribution in [0.3, 0.4) is 0 Å². The molecule has 4 rings (SSSR count). The molecule has 2 saturated heterocycles. The molecule has 134 valence electrons. The summed E-state index contributed by atoms with van der Waals surface area (Å²) in [5.74, 6) is -0.907. The number of amides is 2. The van der Waals surface area contributed by atoms with Crippen LogP contribution in [0.5, 0.6) is 0 Å². The van der Waals surface area contributed by atoms with E-state index < -0.39 is 12.0 Å². The molecule has 2 aliphatic heterocycles. The van der Waals surface area contributed by atoms with E-state index in [1.807, 2.05) is 55.5 Å². The van der Waals surface area contributed by atoms with Gasteiger partial charge in [-0.1, -0.05) is 43.7 Å². The molecule has 0 saturated carbocycles. The second kappa shape index (κ2) is 6.57. The Kier molecular flexibility index (Phi) is 4.24. The minimum atomic E-state index is -0.750. The lowest BCUT2D eigenvalue weighted by Gasteiger charge is -2.28. The number of hydrogen-bond acceptors (Lipinski definition) is 4. The molecule has 0 bridgehead atoms. The van der Waals surface area contributed by atoms with E-state index in [9.17, 15) is 9.59 Å². The van der Waals surface area contributed by atoms with E-state index in [4.69, 9.17) is 4.84 Å². The Labute approximate surface area is 153 Å². The van der Waals surface area contributed by atoms with Gasteiger partial charge >= 0.3 is 0 Å². The van der Waals surface area contributed by atoms with Crippen LogP contribution in [0.25, 0.3) is 0 Å². The Morgan fingerprint density at radius 3 is 2.38 bits per heavy atom. The number of para-hydroxylation sites is 1. The molecular weight excluding hydrogens is 328 g/mol. The molecule has 2 amide bonds. The lowest BCUT2D eigenvalue weighted by atomic mass is 9.93. The van der Waals surface area contributed by atoms with Crippen molar-refractivity contribution in [2.24, 2.45) is 5.92 Å². The number of anilines is 2. The number of aryl methyl sites for hydroxylation is 1. The maximum atomic E-state index is 13.2. The van der Waals surface area contributed by atoms with Crippen LogP contribution in [-0.2, 0) is 14.4 Å². The Bertz CT molecular complexity index is 836. The van der Waals surface area contributed by atoms with Gasteiger partial charge in [0.25, 0.3) is 5.91 Å². The van der Waals surface area contributed by atoms with Crippen LogP contribution in [0.4, 0.5) is 11.4 Å². The lowest BCUT2D eigenvalue weighted by molar-refractivity contribution is -0.126. The van der Waals surface area contributed by atoms with Crippen LogP contribution in [0.15, 0.2) is 54.6 Å². The second-order valence-corrected chi connectivity index (χ2v) is 6.92. The van der Waals surface area contributed by atoms with E-state index >= 15 is 0 Å². The Morgan fingerprint density at radius 2 is 1.69 bits per heavy atom. The summed E-state index contributed by atoms with van der Waals surface area (Å²) in [7, 11) is 0. The summed E-state index contributed by atoms with van der Waals surface area (Å²) in [6.45, 7) is 4.03. The van der Waals surface area contributed by atoms with Gasteiger partial charge in [0, 0.05) is 0 Å². The van der Waals surface area contributed by atoms with Gasteiger partial charge in [-0.25, -0.2) is 9.96 Å². The molecule has 2 aromatic carbocycles. The summed E-state index contributed by atoms with van der Waals surface area (Å²) in [6.07, 6.45) is 0.947. The Morgan fingerprint density at radius 1 is 0.962 bits per heavy atom. The highest BCUT2D eigenvalue weighted by molar-refractivity contribution is 6.23. The summed E-state index contributed by atoms with van der Waals surface area (Å²) in [5.41, 5.74) is 2.51. The number of carbonyl (C=O) groups excluding carboxylic acids is 2. The summed E-state index contributed by atoms with van der Waals surface area (Å²) < 4.78 is 0. The van der Waals surface area contributed by atoms with Crippen LogP contribution in [-0.4, -0.2) is 24.0 Å². The SMILES string of the molecule is CCC[C@@H]1[C@@H]2C(=O)N(c3cccc(C)c3)C(=O)[C@H]2ON1c1ccccc1. The topological polar surface area (TPSA) is 49.9 Å². The van der Waals surface area contributed by atoms with Crippen LogP contribution in [0.2, 0.25) is 0 Å². The highest BCUT2D eigenvalue weighted by Crippen LogP contribution is 2.41. The maximum absolute atomic E-state index is 13.2. The highest BCUT2D eigenvalue weighted by Gasteiger charge is 2.59. The summed E-state index contributed by atoms with van der Waals surface area (Å²) in [5, 5.41) is 1.77. The van der Waals surface area contributed by atoms with Crippen LogP contribution < -0.4 is 9.96 Å². The van der Waals surface area contributed by atoms with E-state index in [-0.39, 0.29) is 17.9 Å². The van der Waals surface area contributed by atoms with Crippen molar-refractivity contribution in [2.75, 3.05) is 9.96 Å². The average Bonchev–Trinajstić information content (AvgIpc) is 3.13. The van der Waals surface area contributed by atoms with Crippen molar-refractivity contribution in [1.82, 2.24) is 0 Å². The maximum Gasteiger partial charge on any atom is 0.266 e. The van der Waals surface area contributed by atoms with Gasteiger partial charge in [-0.15, -0.1) is 0 Å². The molecule has 5 heteroatoms. The first kappa shape index (κ1) is 16.8. The molecule has 0 spiro atoms. The average molecular weight is 350 g/mol. The highest BCUT2D eigenvalue weighted by atomic mass is 16.7. The summed E-state index contributed by atoms with van der Waals surface area (Å²) in [6, 6.07) is 17.0. The Balaban J connectivity index is 1.69. The van der Waals surface area contributed by atoms with Gasteiger partial charge in [0.2, 0.25) is 5.91 Å². The fourth-order valence-electron chi connectivity index (χ4n) is 3.93. The number of fused-ring (bicyclic) bond motifs is 1. The fourth-order valence-corrected chi connectivity index (χ4v) is 3.93. The third kappa shape index (κ3) is 2.59. The monoisotopic (exact) mass is 350 g/mol. The molecule has 26 heavy (non-hydrogen) atoms. The van der Waals surface area contributed by atoms with E-state index in [0.29, 0.717) is 5.69 Å². The van der Waals surface area contributed by atoms with E-state index in [1.54, 1.807) is 11.1 Å². The van der Waals surface area contributed by atoms with Crippen molar-refractivity contribution in [3.8, 4) is 0 Å². The van der Waals surface area contributed by atoms with Crippen molar-refractivity contribution in [3.05, 3.63) is 60.2 Å². The molecule has 5 nitrogen and oxygen atoms in total. The number of benzene rings is 2. The van der Waals surface area contributed by atoms with Crippen LogP contribution in [0.1, 0.15) is 25.3 Å². The molecule has 3 atom stereocenters. The van der Waals surface area contributed by atoms with Crippen molar-refractivity contribution in [3.63, 3.8) is 0 Å². The molecule has 2 aliphatic rings. The van der Waals surface area contributed by atoms with Gasteiger partial charge in [0.05, 0.1) is 23.3 Å². The molecule has 2 fully saturated rings. The second-order valence-electron chi connectivity index (χ2n) is 6.92. The number of hydroxylamine groups is 1. The quantitative estimate of drug-likeness (QED) is 0.792. The van der Waals surface area contributed by atoms with E-state index in [0.717, 1.165) is 24.1 Å². The Hall–Kier alpha value is -2.66. The zero-order valence-corrected chi connectivity index (χ0v) is 15.0. The largest absolute Gasteiger partial charge is 0.273 e. The van der Waals surface area contributed by atoms with Crippen molar-refractivity contribution < 1.29 is 14.4 Å². The lowest BCUT2D eigenvalue weighted by Crippen LogP contribution is -2.40. The van der Waals surface area contributed by atoms with Crippen molar-refractivity contribution >= 4 is 23.2 Å². The van der Waals surface area contributed by atoms with Gasteiger partial charge in [0.15, 0.2) is 6.10 Å². The third-order valence-corrected chi connectivity index (χ3v) is 5.09. The first-order valence-electron chi connectivity index (χ1n) is 9.07. The number of nitrogens with zero attached hydrogens (tertiary/aromatic N) is 2. The minimum Gasteiger partial charge on any atom is -0.273 e. The zero-order valence-electron chi connectivity index (χ0n) is 15.0. The van der Waals surface area contributed by atoms with Crippen molar-refractivity contribution in [2.45, 2.75) is 38.8 Å². The molecule has 0 aliphatic carbocycles. The minimum absolute atomic E-state index is 0.140. The fraction of sp³-hybridized carbons (Fsp3) is 0.333. The smallest absolute Gasteiger partial charge is 0.266 e. The standard InChI is InChI=1S/C21H22N2O3/c1-3-8-17-18-19(26-23(17)15-10-5-4-6-11-15)21(25)22(20(18)24)16-12-7-9-14(2)13-16/h4-7,9-13,17-19H,3,8H2,1-2H3/t17-,18+,19+/m1/s1. The first-order chi connectivity index (χ1) is 12.6. The molecule has 0 aromatic heterocycles. The van der Waals surface area contributed by atoms with Crippen LogP contribution in [0, 0.1) is 12.8 Å². The molecule has 2 heterocycles. The molecule has 0 radical (unpaired) electrons. The van der Waals surface area contributed by atoms with Crippen molar-refractivity contribution in [1.29, 1.82) is 0 Å². The zero-order chi connectivity index (χ0) is 18.3. The van der Waals surface area contributed by atoms with Crippen LogP contribution >= 0.6 is 0 Å². The van der Waals surface area contributed by atoms with E-state index in [1.165, 1.54) is 4.90 Å². The number of hydrogen-bond donors (Lipinski definition) is 0. The number of rotatable bonds is 4. The first-order valence-corrected chi connectivity index (χ1v) is 9.07. The van der Waals surface area contributed by atoms with Gasteiger partial charge in [-0.3, -0.25) is 14.4 Å². The molecule has 2 aromatic rings. The molecular formula is C21H22N2O3. The van der Waals surface area contributed by atoms with Gasteiger partial charge in [-0.2, -0.15) is 0 Å². The van der Waals surface area contributed by atoms with Gasteiger partial charge < -0.3 is 0 Å². The third-order valence-electron chi connectivity index (χ3n) is 5.09.